The van der Waals surface area contributed by atoms with Gasteiger partial charge in [-0.25, -0.2) is 4.39 Å². The minimum Gasteiger partial charge on any atom is -0.497 e. The van der Waals surface area contributed by atoms with Gasteiger partial charge in [0.25, 0.3) is 5.91 Å². The molecule has 1 N–H and O–H groups in total. The highest BCUT2D eigenvalue weighted by Gasteiger charge is 2.44. The van der Waals surface area contributed by atoms with Crippen LogP contribution in [-0.2, 0) is 11.3 Å². The number of nitrogens with one attached hydrogen (secondary N) is 1. The third kappa shape index (κ3) is 5.48. The van der Waals surface area contributed by atoms with Gasteiger partial charge in [0, 0.05) is 17.8 Å². The minimum atomic E-state index is -0.709. The van der Waals surface area contributed by atoms with Crippen molar-refractivity contribution >= 4 is 17.5 Å². The van der Waals surface area contributed by atoms with E-state index >= 15 is 0 Å². The summed E-state index contributed by atoms with van der Waals surface area (Å²) in [7, 11) is 1.59. The molecule has 4 aromatic rings. The maximum absolute atomic E-state index is 14.0. The van der Waals surface area contributed by atoms with Crippen molar-refractivity contribution < 1.29 is 23.5 Å². The van der Waals surface area contributed by atoms with Gasteiger partial charge >= 0.3 is 0 Å². The Balaban J connectivity index is 1.58. The van der Waals surface area contributed by atoms with Crippen LogP contribution in [0.5, 0.6) is 11.5 Å². The number of carbonyl (C=O) groups is 2. The summed E-state index contributed by atoms with van der Waals surface area (Å²) in [6, 6.07) is 27.2. The zero-order valence-electron chi connectivity index (χ0n) is 21.8. The maximum atomic E-state index is 14.0. The average Bonchev–Trinajstić information content (AvgIpc) is 2.96. The fourth-order valence-corrected chi connectivity index (χ4v) is 5.03. The Labute approximate surface area is 227 Å². The van der Waals surface area contributed by atoms with E-state index in [0.29, 0.717) is 34.9 Å². The summed E-state index contributed by atoms with van der Waals surface area (Å²) in [6.07, 6.45) is 0. The SMILES string of the molecule is CCOc1ccc(NC(=O)[C@@H]2c3ccccc3C(=O)N(Cc3ccc(F)cc3)[C@H]2c2ccc(OC)cc2)cc1. The number of halogens is 1. The van der Waals surface area contributed by atoms with E-state index < -0.39 is 12.0 Å². The summed E-state index contributed by atoms with van der Waals surface area (Å²) in [5.74, 6) is -0.120. The van der Waals surface area contributed by atoms with Crippen molar-refractivity contribution in [2.75, 3.05) is 19.0 Å². The molecule has 0 saturated heterocycles. The van der Waals surface area contributed by atoms with Gasteiger partial charge in [-0.1, -0.05) is 42.5 Å². The van der Waals surface area contributed by atoms with Crippen LogP contribution in [-0.4, -0.2) is 30.4 Å². The second-order valence-corrected chi connectivity index (χ2v) is 9.29. The molecule has 4 aromatic carbocycles. The first-order valence-corrected chi connectivity index (χ1v) is 12.8. The molecule has 39 heavy (non-hydrogen) atoms. The van der Waals surface area contributed by atoms with E-state index in [0.717, 1.165) is 11.1 Å². The summed E-state index contributed by atoms with van der Waals surface area (Å²) < 4.78 is 24.5. The Bertz CT molecular complexity index is 1450. The molecule has 0 fully saturated rings. The van der Waals surface area contributed by atoms with E-state index in [4.69, 9.17) is 9.47 Å². The van der Waals surface area contributed by atoms with Crippen molar-refractivity contribution in [2.24, 2.45) is 0 Å². The largest absolute Gasteiger partial charge is 0.497 e. The molecule has 5 rings (SSSR count). The lowest BCUT2D eigenvalue weighted by Gasteiger charge is -2.42. The fraction of sp³-hybridized carbons (Fsp3) is 0.188. The molecule has 2 atom stereocenters. The number of hydrogen-bond acceptors (Lipinski definition) is 4. The molecular weight excluding hydrogens is 495 g/mol. The molecule has 198 valence electrons. The Morgan fingerprint density at radius 3 is 2.23 bits per heavy atom. The highest BCUT2D eigenvalue weighted by Crippen LogP contribution is 2.44. The van der Waals surface area contributed by atoms with Gasteiger partial charge in [-0.2, -0.15) is 0 Å². The third-order valence-electron chi connectivity index (χ3n) is 6.88. The number of anilines is 1. The molecule has 1 heterocycles. The fourth-order valence-electron chi connectivity index (χ4n) is 5.03. The smallest absolute Gasteiger partial charge is 0.255 e. The zero-order chi connectivity index (χ0) is 27.4. The van der Waals surface area contributed by atoms with Crippen molar-refractivity contribution in [3.63, 3.8) is 0 Å². The van der Waals surface area contributed by atoms with Crippen molar-refractivity contribution in [3.05, 3.63) is 125 Å². The van der Waals surface area contributed by atoms with Crippen LogP contribution in [0.25, 0.3) is 0 Å². The quantitative estimate of drug-likeness (QED) is 0.292. The minimum absolute atomic E-state index is 0.194. The van der Waals surface area contributed by atoms with Gasteiger partial charge in [-0.3, -0.25) is 9.59 Å². The van der Waals surface area contributed by atoms with Crippen LogP contribution < -0.4 is 14.8 Å². The van der Waals surface area contributed by atoms with Crippen molar-refractivity contribution in [1.82, 2.24) is 4.90 Å². The van der Waals surface area contributed by atoms with E-state index in [1.807, 2.05) is 43.3 Å². The Morgan fingerprint density at radius 2 is 1.56 bits per heavy atom. The van der Waals surface area contributed by atoms with Gasteiger partial charge in [-0.15, -0.1) is 0 Å². The van der Waals surface area contributed by atoms with Gasteiger partial charge < -0.3 is 19.7 Å². The lowest BCUT2D eigenvalue weighted by Crippen LogP contribution is -2.45. The summed E-state index contributed by atoms with van der Waals surface area (Å²) in [5.41, 5.74) is 3.29. The first kappa shape index (κ1) is 26.0. The van der Waals surface area contributed by atoms with Crippen LogP contribution in [0.3, 0.4) is 0 Å². The molecule has 2 amide bonds. The summed E-state index contributed by atoms with van der Waals surface area (Å²) in [6.45, 7) is 2.66. The lowest BCUT2D eigenvalue weighted by atomic mass is 9.79. The van der Waals surface area contributed by atoms with Gasteiger partial charge in [0.05, 0.1) is 25.7 Å². The van der Waals surface area contributed by atoms with Gasteiger partial charge in [0.1, 0.15) is 17.3 Å². The Kier molecular flexibility index (Phi) is 7.59. The number of nitrogens with zero attached hydrogens (tertiary/aromatic N) is 1. The second kappa shape index (κ2) is 11.4. The highest BCUT2D eigenvalue weighted by molar-refractivity contribution is 6.04. The second-order valence-electron chi connectivity index (χ2n) is 9.29. The van der Waals surface area contributed by atoms with Crippen molar-refractivity contribution in [3.8, 4) is 11.5 Å². The number of amides is 2. The van der Waals surface area contributed by atoms with Crippen molar-refractivity contribution in [2.45, 2.75) is 25.4 Å². The van der Waals surface area contributed by atoms with E-state index in [1.165, 1.54) is 12.1 Å². The van der Waals surface area contributed by atoms with E-state index in [-0.39, 0.29) is 24.2 Å². The van der Waals surface area contributed by atoms with Crippen LogP contribution >= 0.6 is 0 Å². The average molecular weight is 525 g/mol. The van der Waals surface area contributed by atoms with Crippen LogP contribution in [0.1, 0.15) is 45.9 Å². The lowest BCUT2D eigenvalue weighted by molar-refractivity contribution is -0.119. The van der Waals surface area contributed by atoms with E-state index in [2.05, 4.69) is 5.32 Å². The first-order chi connectivity index (χ1) is 19.0. The molecular formula is C32H29FN2O4. The van der Waals surface area contributed by atoms with E-state index in [9.17, 15) is 14.0 Å². The summed E-state index contributed by atoms with van der Waals surface area (Å²) in [4.78, 5) is 29.6. The monoisotopic (exact) mass is 524 g/mol. The van der Waals surface area contributed by atoms with Crippen LogP contribution in [0.4, 0.5) is 10.1 Å². The Hall–Kier alpha value is -4.65. The van der Waals surface area contributed by atoms with Crippen molar-refractivity contribution in [1.29, 1.82) is 0 Å². The standard InChI is InChI=1S/C32H29FN2O4/c1-3-39-26-18-14-24(15-19-26)34-31(36)29-27-6-4-5-7-28(27)32(37)35(20-21-8-12-23(33)13-9-21)30(29)22-10-16-25(38-2)17-11-22/h4-19,29-30H,3,20H2,1-2H3,(H,34,36)/t29-,30+/m1/s1. The maximum Gasteiger partial charge on any atom is 0.255 e. The molecule has 0 saturated carbocycles. The number of carbonyl (C=O) groups excluding carboxylic acids is 2. The van der Waals surface area contributed by atoms with Crippen LogP contribution in [0.2, 0.25) is 0 Å². The summed E-state index contributed by atoms with van der Waals surface area (Å²) in [5, 5.41) is 3.04. The first-order valence-electron chi connectivity index (χ1n) is 12.8. The molecule has 1 aliphatic heterocycles. The molecule has 6 nitrogen and oxygen atoms in total. The molecule has 0 aromatic heterocycles. The number of fused-ring (bicyclic) bond motifs is 1. The predicted octanol–water partition coefficient (Wildman–Crippen LogP) is 6.35. The molecule has 0 radical (unpaired) electrons. The number of ether oxygens (including phenoxy) is 2. The Morgan fingerprint density at radius 1 is 0.897 bits per heavy atom. The number of hydrogen-bond donors (Lipinski definition) is 1. The zero-order valence-corrected chi connectivity index (χ0v) is 21.8. The molecule has 0 aliphatic carbocycles. The van der Waals surface area contributed by atoms with Gasteiger partial charge in [-0.05, 0) is 78.2 Å². The van der Waals surface area contributed by atoms with Gasteiger partial charge in [0.2, 0.25) is 5.91 Å². The number of benzene rings is 4. The highest BCUT2D eigenvalue weighted by atomic mass is 19.1. The molecule has 0 unspecified atom stereocenters. The molecule has 0 bridgehead atoms. The van der Waals surface area contributed by atoms with Crippen LogP contribution in [0.15, 0.2) is 97.1 Å². The molecule has 1 aliphatic rings. The summed E-state index contributed by atoms with van der Waals surface area (Å²) >= 11 is 0. The van der Waals surface area contributed by atoms with Crippen LogP contribution in [0, 0.1) is 5.82 Å². The molecule has 7 heteroatoms. The number of methoxy groups -OCH3 is 1. The topological polar surface area (TPSA) is 67.9 Å². The predicted molar refractivity (Wildman–Crippen MR) is 147 cm³/mol. The third-order valence-corrected chi connectivity index (χ3v) is 6.88. The van der Waals surface area contributed by atoms with E-state index in [1.54, 1.807) is 60.5 Å². The molecule has 0 spiro atoms. The van der Waals surface area contributed by atoms with Gasteiger partial charge in [0.15, 0.2) is 0 Å². The normalized spacial score (nSPS) is 16.4. The number of rotatable bonds is 8.